The molecule has 0 aromatic carbocycles. The molecule has 7 heteroatoms. The van der Waals surface area contributed by atoms with Gasteiger partial charge in [0.25, 0.3) is 0 Å². The Hall–Kier alpha value is -1.60. The minimum absolute atomic E-state index is 0.251. The number of rotatable bonds is 6. The Morgan fingerprint density at radius 2 is 2.20 bits per heavy atom. The largest absolute Gasteiger partial charge is 0.467 e. The van der Waals surface area contributed by atoms with E-state index in [1.54, 1.807) is 4.68 Å². The topological polar surface area (TPSA) is 66.2 Å². The molecule has 2 aromatic heterocycles. The van der Waals surface area contributed by atoms with Crippen molar-refractivity contribution in [2.75, 3.05) is 20.3 Å². The van der Waals surface area contributed by atoms with Crippen molar-refractivity contribution < 1.29 is 14.3 Å². The molecule has 0 amide bonds. The lowest BCUT2D eigenvalue weighted by Gasteiger charge is -2.25. The second kappa shape index (κ2) is 7.33. The lowest BCUT2D eigenvalue weighted by atomic mass is 9.92. The van der Waals surface area contributed by atoms with E-state index in [2.05, 4.69) is 10.1 Å². The Kier molecular flexibility index (Phi) is 4.94. The summed E-state index contributed by atoms with van der Waals surface area (Å²) in [5.74, 6) is 0.194. The molecular formula is C18H23N3O3S. The highest BCUT2D eigenvalue weighted by atomic mass is 32.2. The van der Waals surface area contributed by atoms with E-state index < -0.39 is 6.04 Å². The zero-order chi connectivity index (χ0) is 17.2. The smallest absolute Gasteiger partial charge is 0.330 e. The van der Waals surface area contributed by atoms with Gasteiger partial charge in [-0.15, -0.1) is 11.8 Å². The summed E-state index contributed by atoms with van der Waals surface area (Å²) in [6.07, 6.45) is 8.87. The first-order chi connectivity index (χ1) is 12.3. The van der Waals surface area contributed by atoms with Gasteiger partial charge in [-0.25, -0.2) is 14.5 Å². The van der Waals surface area contributed by atoms with E-state index in [0.29, 0.717) is 17.6 Å². The summed E-state index contributed by atoms with van der Waals surface area (Å²) < 4.78 is 12.3. The number of thioether (sulfide) groups is 1. The molecule has 1 unspecified atom stereocenters. The highest BCUT2D eigenvalue weighted by molar-refractivity contribution is 8.00. The standard InChI is InChI=1S/C18H23N3O3S/c1-23-18(22)15(10-12-5-8-24-9-6-12)21-17-14(11-20-21)16(4-7-19-17)25-13-2-3-13/h4,7,11-13,15H,2-3,5-6,8-10H2,1H3. The maximum Gasteiger partial charge on any atom is 0.330 e. The Balaban J connectivity index is 1.64. The molecule has 4 rings (SSSR count). The molecule has 3 heterocycles. The Morgan fingerprint density at radius 1 is 1.40 bits per heavy atom. The average molecular weight is 361 g/mol. The van der Waals surface area contributed by atoms with Crippen molar-refractivity contribution in [2.24, 2.45) is 5.92 Å². The highest BCUT2D eigenvalue weighted by Gasteiger charge is 2.30. The number of aromatic nitrogens is 3. The van der Waals surface area contributed by atoms with Gasteiger partial charge in [0, 0.05) is 29.6 Å². The number of nitrogens with zero attached hydrogens (tertiary/aromatic N) is 3. The number of pyridine rings is 1. The second-order valence-corrected chi connectivity index (χ2v) is 8.13. The normalized spacial score (nSPS) is 19.9. The molecule has 1 atom stereocenters. The van der Waals surface area contributed by atoms with Crippen LogP contribution in [0.2, 0.25) is 0 Å². The van der Waals surface area contributed by atoms with Gasteiger partial charge in [0.2, 0.25) is 0 Å². The SMILES string of the molecule is COC(=O)C(CC1CCOCC1)n1ncc2c(SC3CC3)ccnc21. The van der Waals surface area contributed by atoms with Crippen LogP contribution in [0.15, 0.2) is 23.4 Å². The first-order valence-corrected chi connectivity index (χ1v) is 9.78. The van der Waals surface area contributed by atoms with Crippen molar-refractivity contribution in [3.8, 4) is 0 Å². The van der Waals surface area contributed by atoms with Crippen LogP contribution < -0.4 is 0 Å². The van der Waals surface area contributed by atoms with Crippen LogP contribution in [-0.2, 0) is 14.3 Å². The first-order valence-electron chi connectivity index (χ1n) is 8.90. The summed E-state index contributed by atoms with van der Waals surface area (Å²) in [6.45, 7) is 1.53. The molecule has 6 nitrogen and oxygen atoms in total. The molecule has 0 bridgehead atoms. The van der Waals surface area contributed by atoms with E-state index in [0.717, 1.165) is 37.1 Å². The van der Waals surface area contributed by atoms with E-state index in [1.807, 2.05) is 30.2 Å². The van der Waals surface area contributed by atoms with Crippen LogP contribution in [0.4, 0.5) is 0 Å². The zero-order valence-electron chi connectivity index (χ0n) is 14.4. The number of carbonyl (C=O) groups excluding carboxylic acids is 1. The Bertz CT molecular complexity index is 753. The summed E-state index contributed by atoms with van der Waals surface area (Å²) in [4.78, 5) is 18.2. The van der Waals surface area contributed by atoms with E-state index in [1.165, 1.54) is 24.8 Å². The minimum Gasteiger partial charge on any atom is -0.467 e. The molecule has 0 radical (unpaired) electrons. The molecular weight excluding hydrogens is 338 g/mol. The summed E-state index contributed by atoms with van der Waals surface area (Å²) in [5.41, 5.74) is 0.771. The zero-order valence-corrected chi connectivity index (χ0v) is 15.2. The molecule has 2 aromatic rings. The van der Waals surface area contributed by atoms with Gasteiger partial charge in [0.05, 0.1) is 18.7 Å². The molecule has 25 heavy (non-hydrogen) atoms. The average Bonchev–Trinajstić information content (AvgIpc) is 3.36. The fourth-order valence-electron chi connectivity index (χ4n) is 3.35. The summed E-state index contributed by atoms with van der Waals surface area (Å²) >= 11 is 1.89. The summed E-state index contributed by atoms with van der Waals surface area (Å²) in [5, 5.41) is 6.27. The molecule has 1 saturated carbocycles. The van der Waals surface area contributed by atoms with E-state index in [4.69, 9.17) is 9.47 Å². The van der Waals surface area contributed by atoms with Crippen molar-refractivity contribution in [1.82, 2.24) is 14.8 Å². The van der Waals surface area contributed by atoms with Crippen LogP contribution in [0, 0.1) is 5.92 Å². The summed E-state index contributed by atoms with van der Waals surface area (Å²) in [6, 6.07) is 1.61. The predicted molar refractivity (Wildman–Crippen MR) is 95.6 cm³/mol. The number of ether oxygens (including phenoxy) is 2. The molecule has 2 aliphatic rings. The van der Waals surface area contributed by atoms with E-state index in [-0.39, 0.29) is 5.97 Å². The molecule has 134 valence electrons. The molecule has 1 saturated heterocycles. The first kappa shape index (κ1) is 16.8. The van der Waals surface area contributed by atoms with Crippen LogP contribution in [0.5, 0.6) is 0 Å². The number of esters is 1. The van der Waals surface area contributed by atoms with E-state index in [9.17, 15) is 4.79 Å². The molecule has 1 aliphatic heterocycles. The van der Waals surface area contributed by atoms with Crippen LogP contribution >= 0.6 is 11.8 Å². The molecule has 2 fully saturated rings. The van der Waals surface area contributed by atoms with Crippen LogP contribution in [-0.4, -0.2) is 46.3 Å². The van der Waals surface area contributed by atoms with Gasteiger partial charge in [-0.3, -0.25) is 0 Å². The third-order valence-corrected chi connectivity index (χ3v) is 6.36. The maximum atomic E-state index is 12.5. The Morgan fingerprint density at radius 3 is 2.92 bits per heavy atom. The van der Waals surface area contributed by atoms with Gasteiger partial charge in [0.15, 0.2) is 11.7 Å². The lowest BCUT2D eigenvalue weighted by Crippen LogP contribution is -2.27. The van der Waals surface area contributed by atoms with Crippen molar-refractivity contribution in [2.45, 2.75) is 48.3 Å². The third kappa shape index (κ3) is 3.67. The Labute approximate surface area is 151 Å². The van der Waals surface area contributed by atoms with Crippen molar-refractivity contribution in [3.05, 3.63) is 18.5 Å². The monoisotopic (exact) mass is 361 g/mol. The number of methoxy groups -OCH3 is 1. The molecule has 0 N–H and O–H groups in total. The summed E-state index contributed by atoms with van der Waals surface area (Å²) in [7, 11) is 1.44. The van der Waals surface area contributed by atoms with Crippen molar-refractivity contribution in [3.63, 3.8) is 0 Å². The van der Waals surface area contributed by atoms with Gasteiger partial charge in [-0.05, 0) is 44.1 Å². The van der Waals surface area contributed by atoms with Crippen molar-refractivity contribution in [1.29, 1.82) is 0 Å². The number of carbonyl (C=O) groups is 1. The van der Waals surface area contributed by atoms with Gasteiger partial charge in [0.1, 0.15) is 0 Å². The van der Waals surface area contributed by atoms with Gasteiger partial charge >= 0.3 is 5.97 Å². The number of hydrogen-bond acceptors (Lipinski definition) is 6. The van der Waals surface area contributed by atoms with Crippen molar-refractivity contribution >= 4 is 28.8 Å². The van der Waals surface area contributed by atoms with Crippen LogP contribution in [0.1, 0.15) is 38.1 Å². The highest BCUT2D eigenvalue weighted by Crippen LogP contribution is 2.41. The van der Waals surface area contributed by atoms with E-state index >= 15 is 0 Å². The molecule has 0 spiro atoms. The maximum absolute atomic E-state index is 12.5. The predicted octanol–water partition coefficient (Wildman–Crippen LogP) is 3.22. The van der Waals surface area contributed by atoms with Crippen LogP contribution in [0.3, 0.4) is 0 Å². The van der Waals surface area contributed by atoms with Crippen LogP contribution in [0.25, 0.3) is 11.0 Å². The van der Waals surface area contributed by atoms with Gasteiger partial charge in [-0.2, -0.15) is 5.10 Å². The lowest BCUT2D eigenvalue weighted by molar-refractivity contribution is -0.145. The number of fused-ring (bicyclic) bond motifs is 1. The fraction of sp³-hybridized carbons (Fsp3) is 0.611. The third-order valence-electron chi connectivity index (χ3n) is 4.94. The van der Waals surface area contributed by atoms with Gasteiger partial charge in [-0.1, -0.05) is 0 Å². The quantitative estimate of drug-likeness (QED) is 0.736. The van der Waals surface area contributed by atoms with Gasteiger partial charge < -0.3 is 9.47 Å². The number of hydrogen-bond donors (Lipinski definition) is 0. The molecule has 1 aliphatic carbocycles. The second-order valence-electron chi connectivity index (χ2n) is 6.78. The fourth-order valence-corrected chi connectivity index (χ4v) is 4.49. The minimum atomic E-state index is -0.431.